The molecular weight excluding hydrogens is 393 g/mol. The van der Waals surface area contributed by atoms with Gasteiger partial charge in [-0.3, -0.25) is 14.2 Å². The average molecular weight is 415 g/mol. The van der Waals surface area contributed by atoms with Crippen molar-refractivity contribution in [3.8, 4) is 5.69 Å². The highest BCUT2D eigenvalue weighted by Crippen LogP contribution is 2.22. The SMILES string of the molecule is COCCNC(=O)CCCSc1nc2ccccc2c(=O)n1-c1cccc(F)c1. The molecule has 0 spiro atoms. The molecule has 6 nitrogen and oxygen atoms in total. The molecule has 2 aromatic carbocycles. The van der Waals surface area contributed by atoms with Gasteiger partial charge in [-0.15, -0.1) is 0 Å². The van der Waals surface area contributed by atoms with Gasteiger partial charge in [0, 0.05) is 25.8 Å². The van der Waals surface area contributed by atoms with Gasteiger partial charge in [0.15, 0.2) is 5.16 Å². The number of hydrogen-bond donors (Lipinski definition) is 1. The fraction of sp³-hybridized carbons (Fsp3) is 0.286. The maximum absolute atomic E-state index is 13.8. The number of fused-ring (bicyclic) bond motifs is 1. The summed E-state index contributed by atoms with van der Waals surface area (Å²) in [5.74, 6) is 0.125. The molecule has 1 N–H and O–H groups in total. The average Bonchev–Trinajstić information content (AvgIpc) is 2.71. The molecule has 0 aliphatic heterocycles. The van der Waals surface area contributed by atoms with Crippen LogP contribution in [0.3, 0.4) is 0 Å². The fourth-order valence-corrected chi connectivity index (χ4v) is 3.78. The first-order chi connectivity index (χ1) is 14.1. The Morgan fingerprint density at radius 1 is 1.24 bits per heavy atom. The van der Waals surface area contributed by atoms with Gasteiger partial charge in [-0.25, -0.2) is 9.37 Å². The molecule has 152 valence electrons. The van der Waals surface area contributed by atoms with Gasteiger partial charge in [0.1, 0.15) is 5.82 Å². The maximum atomic E-state index is 13.8. The third-order valence-electron chi connectivity index (χ3n) is 4.22. The van der Waals surface area contributed by atoms with E-state index in [1.54, 1.807) is 37.4 Å². The van der Waals surface area contributed by atoms with Crippen LogP contribution in [0.2, 0.25) is 0 Å². The second kappa shape index (κ2) is 10.2. The molecule has 3 rings (SSSR count). The number of thioether (sulfide) groups is 1. The Balaban J connectivity index is 1.80. The van der Waals surface area contributed by atoms with Crippen molar-refractivity contribution in [2.75, 3.05) is 26.0 Å². The van der Waals surface area contributed by atoms with Crippen molar-refractivity contribution in [1.29, 1.82) is 0 Å². The number of para-hydroxylation sites is 1. The lowest BCUT2D eigenvalue weighted by Crippen LogP contribution is -2.26. The predicted molar refractivity (Wildman–Crippen MR) is 112 cm³/mol. The van der Waals surface area contributed by atoms with E-state index in [9.17, 15) is 14.0 Å². The Hall–Kier alpha value is -2.71. The van der Waals surface area contributed by atoms with Gasteiger partial charge in [0.25, 0.3) is 5.56 Å². The van der Waals surface area contributed by atoms with Crippen molar-refractivity contribution in [3.05, 3.63) is 64.7 Å². The van der Waals surface area contributed by atoms with Crippen LogP contribution >= 0.6 is 11.8 Å². The lowest BCUT2D eigenvalue weighted by Gasteiger charge is -2.13. The normalized spacial score (nSPS) is 11.0. The van der Waals surface area contributed by atoms with Crippen LogP contribution in [-0.4, -0.2) is 41.5 Å². The first-order valence-electron chi connectivity index (χ1n) is 9.26. The Labute approximate surface area is 172 Å². The van der Waals surface area contributed by atoms with Crippen LogP contribution in [0.5, 0.6) is 0 Å². The summed E-state index contributed by atoms with van der Waals surface area (Å²) in [6.45, 7) is 0.954. The molecule has 0 fully saturated rings. The van der Waals surface area contributed by atoms with Crippen molar-refractivity contribution in [2.24, 2.45) is 0 Å². The minimum absolute atomic E-state index is 0.0448. The zero-order chi connectivity index (χ0) is 20.6. The van der Waals surface area contributed by atoms with Crippen LogP contribution < -0.4 is 10.9 Å². The number of methoxy groups -OCH3 is 1. The van der Waals surface area contributed by atoms with Gasteiger partial charge in [0.05, 0.1) is 23.2 Å². The van der Waals surface area contributed by atoms with Crippen molar-refractivity contribution < 1.29 is 13.9 Å². The highest BCUT2D eigenvalue weighted by molar-refractivity contribution is 7.99. The summed E-state index contributed by atoms with van der Waals surface area (Å²) in [5, 5.41) is 3.72. The Morgan fingerprint density at radius 3 is 2.86 bits per heavy atom. The van der Waals surface area contributed by atoms with Crippen molar-refractivity contribution in [2.45, 2.75) is 18.0 Å². The van der Waals surface area contributed by atoms with Gasteiger partial charge in [0.2, 0.25) is 5.91 Å². The maximum Gasteiger partial charge on any atom is 0.266 e. The molecule has 0 aliphatic rings. The number of nitrogens with zero attached hydrogens (tertiary/aromatic N) is 2. The van der Waals surface area contributed by atoms with Crippen molar-refractivity contribution in [3.63, 3.8) is 0 Å². The lowest BCUT2D eigenvalue weighted by molar-refractivity contribution is -0.121. The van der Waals surface area contributed by atoms with Crippen molar-refractivity contribution >= 4 is 28.6 Å². The number of aromatic nitrogens is 2. The minimum atomic E-state index is -0.425. The van der Waals surface area contributed by atoms with Crippen LogP contribution in [0.25, 0.3) is 16.6 Å². The van der Waals surface area contributed by atoms with Gasteiger partial charge < -0.3 is 10.1 Å². The Morgan fingerprint density at radius 2 is 2.07 bits per heavy atom. The molecule has 1 aromatic heterocycles. The van der Waals surface area contributed by atoms with E-state index >= 15 is 0 Å². The molecule has 0 unspecified atom stereocenters. The molecule has 8 heteroatoms. The summed E-state index contributed by atoms with van der Waals surface area (Å²) in [6.07, 6.45) is 0.990. The van der Waals surface area contributed by atoms with E-state index in [2.05, 4.69) is 10.3 Å². The van der Waals surface area contributed by atoms with Crippen LogP contribution in [0.1, 0.15) is 12.8 Å². The molecule has 1 amide bonds. The zero-order valence-corrected chi connectivity index (χ0v) is 16.9. The number of benzene rings is 2. The molecule has 0 saturated heterocycles. The summed E-state index contributed by atoms with van der Waals surface area (Å²) in [7, 11) is 1.58. The number of amides is 1. The van der Waals surface area contributed by atoms with Crippen LogP contribution in [0.15, 0.2) is 58.5 Å². The highest BCUT2D eigenvalue weighted by atomic mass is 32.2. The van der Waals surface area contributed by atoms with E-state index in [-0.39, 0.29) is 11.5 Å². The van der Waals surface area contributed by atoms with Crippen molar-refractivity contribution in [1.82, 2.24) is 14.9 Å². The molecule has 0 atom stereocenters. The summed E-state index contributed by atoms with van der Waals surface area (Å²) in [4.78, 5) is 29.5. The number of halogens is 1. The monoisotopic (exact) mass is 415 g/mol. The van der Waals surface area contributed by atoms with Crippen LogP contribution in [0, 0.1) is 5.82 Å². The molecule has 1 heterocycles. The zero-order valence-electron chi connectivity index (χ0n) is 16.1. The number of ether oxygens (including phenoxy) is 1. The summed E-state index contributed by atoms with van der Waals surface area (Å²) >= 11 is 1.37. The minimum Gasteiger partial charge on any atom is -0.383 e. The predicted octanol–water partition coefficient (Wildman–Crippen LogP) is 3.16. The van der Waals surface area contributed by atoms with Gasteiger partial charge in [-0.05, 0) is 36.8 Å². The molecular formula is C21H22FN3O3S. The first-order valence-corrected chi connectivity index (χ1v) is 10.2. The third kappa shape index (κ3) is 5.42. The second-order valence-corrected chi connectivity index (χ2v) is 7.39. The highest BCUT2D eigenvalue weighted by Gasteiger charge is 2.14. The van der Waals surface area contributed by atoms with E-state index in [4.69, 9.17) is 4.74 Å². The smallest absolute Gasteiger partial charge is 0.266 e. The van der Waals surface area contributed by atoms with Gasteiger partial charge in [-0.2, -0.15) is 0 Å². The molecule has 0 aliphatic carbocycles. The first kappa shape index (κ1) is 21.0. The second-order valence-electron chi connectivity index (χ2n) is 6.33. The van der Waals surface area contributed by atoms with Gasteiger partial charge >= 0.3 is 0 Å². The Bertz CT molecular complexity index is 1050. The quantitative estimate of drug-likeness (QED) is 0.330. The largest absolute Gasteiger partial charge is 0.383 e. The summed E-state index contributed by atoms with van der Waals surface area (Å²) < 4.78 is 20.1. The third-order valence-corrected chi connectivity index (χ3v) is 5.24. The number of nitrogens with one attached hydrogen (secondary N) is 1. The number of carbonyl (C=O) groups is 1. The van der Waals surface area contributed by atoms with E-state index in [1.807, 2.05) is 6.07 Å². The standard InChI is InChI=1S/C21H22FN3O3S/c1-28-12-11-23-19(26)10-5-13-29-21-24-18-9-3-2-8-17(18)20(27)25(21)16-7-4-6-15(22)14-16/h2-4,6-9,14H,5,10-13H2,1H3,(H,23,26). The molecule has 0 bridgehead atoms. The van der Waals surface area contributed by atoms with E-state index < -0.39 is 5.82 Å². The number of carbonyl (C=O) groups excluding carboxylic acids is 1. The summed E-state index contributed by atoms with van der Waals surface area (Å²) in [6, 6.07) is 13.0. The van der Waals surface area contributed by atoms with Crippen LogP contribution in [0.4, 0.5) is 4.39 Å². The fourth-order valence-electron chi connectivity index (χ4n) is 2.83. The van der Waals surface area contributed by atoms with E-state index in [1.165, 1.54) is 28.5 Å². The molecule has 0 saturated carbocycles. The van der Waals surface area contributed by atoms with Gasteiger partial charge in [-0.1, -0.05) is 30.0 Å². The lowest BCUT2D eigenvalue weighted by atomic mass is 10.2. The Kier molecular flexibility index (Phi) is 7.37. The topological polar surface area (TPSA) is 73.2 Å². The van der Waals surface area contributed by atoms with Crippen LogP contribution in [-0.2, 0) is 9.53 Å². The number of rotatable bonds is 9. The van der Waals surface area contributed by atoms with E-state index in [0.717, 1.165) is 0 Å². The molecule has 3 aromatic rings. The molecule has 29 heavy (non-hydrogen) atoms. The van der Waals surface area contributed by atoms with E-state index in [0.29, 0.717) is 53.5 Å². The summed E-state index contributed by atoms with van der Waals surface area (Å²) in [5.41, 5.74) is 0.763. The number of hydrogen-bond acceptors (Lipinski definition) is 5. The molecule has 0 radical (unpaired) electrons.